The summed E-state index contributed by atoms with van der Waals surface area (Å²) in [5, 5.41) is 10.6. The molecule has 0 radical (unpaired) electrons. The lowest BCUT2D eigenvalue weighted by atomic mass is 10.1. The van der Waals surface area contributed by atoms with Crippen LogP contribution in [0, 0.1) is 5.41 Å². The Morgan fingerprint density at radius 2 is 2.18 bits per heavy atom. The maximum Gasteiger partial charge on any atom is 0.0491 e. The third kappa shape index (κ3) is 2.49. The minimum Gasteiger partial charge on any atom is -0.371 e. The van der Waals surface area contributed by atoms with Gasteiger partial charge >= 0.3 is 0 Å². The molecule has 0 spiro atoms. The quantitative estimate of drug-likeness (QED) is 0.730. The molecule has 2 aliphatic rings. The number of likely N-dealkylation sites (tertiary alicyclic amines) is 1. The number of hydrogen-bond donors (Lipinski definition) is 2. The fraction of sp³-hybridized carbons (Fsp3) is 0.357. The first-order chi connectivity index (χ1) is 8.22. The molecular formula is C14H19N3. The van der Waals surface area contributed by atoms with Gasteiger partial charge in [-0.05, 0) is 37.5 Å². The van der Waals surface area contributed by atoms with Crippen LogP contribution in [-0.4, -0.2) is 24.2 Å². The Hall–Kier alpha value is -1.77. The van der Waals surface area contributed by atoms with Crippen molar-refractivity contribution in [2.75, 3.05) is 13.1 Å². The molecule has 0 aromatic carbocycles. The van der Waals surface area contributed by atoms with Crippen molar-refractivity contribution in [3.05, 3.63) is 47.5 Å². The average Bonchev–Trinajstić information content (AvgIpc) is 2.83. The highest BCUT2D eigenvalue weighted by Crippen LogP contribution is 2.21. The van der Waals surface area contributed by atoms with E-state index < -0.39 is 0 Å². The van der Waals surface area contributed by atoms with Gasteiger partial charge in [0.15, 0.2) is 0 Å². The summed E-state index contributed by atoms with van der Waals surface area (Å²) >= 11 is 0. The van der Waals surface area contributed by atoms with E-state index in [4.69, 9.17) is 5.41 Å². The molecule has 0 unspecified atom stereocenters. The van der Waals surface area contributed by atoms with Gasteiger partial charge < -0.3 is 15.6 Å². The Morgan fingerprint density at radius 1 is 1.47 bits per heavy atom. The van der Waals surface area contributed by atoms with Gasteiger partial charge in [0, 0.05) is 42.5 Å². The lowest BCUT2D eigenvalue weighted by Gasteiger charge is -2.23. The first-order valence-electron chi connectivity index (χ1n) is 6.02. The molecule has 0 atom stereocenters. The van der Waals surface area contributed by atoms with E-state index >= 15 is 0 Å². The van der Waals surface area contributed by atoms with Crippen LogP contribution >= 0.6 is 0 Å². The summed E-state index contributed by atoms with van der Waals surface area (Å²) in [6.45, 7) is 8.11. The van der Waals surface area contributed by atoms with Crippen molar-refractivity contribution < 1.29 is 0 Å². The molecule has 1 fully saturated rings. The highest BCUT2D eigenvalue weighted by atomic mass is 15.2. The Balaban J connectivity index is 2.29. The number of allylic oxidation sites excluding steroid dienone is 4. The molecule has 2 heterocycles. The van der Waals surface area contributed by atoms with Crippen LogP contribution in [0.25, 0.3) is 0 Å². The molecule has 2 aliphatic heterocycles. The average molecular weight is 229 g/mol. The van der Waals surface area contributed by atoms with E-state index in [1.54, 1.807) is 0 Å². The van der Waals surface area contributed by atoms with E-state index in [-0.39, 0.29) is 0 Å². The number of hydrogen-bond acceptors (Lipinski definition) is 3. The molecule has 90 valence electrons. The second kappa shape index (κ2) is 5.04. The van der Waals surface area contributed by atoms with Crippen LogP contribution in [0.5, 0.6) is 0 Å². The van der Waals surface area contributed by atoms with Gasteiger partial charge in [0.25, 0.3) is 0 Å². The summed E-state index contributed by atoms with van der Waals surface area (Å²) in [4.78, 5) is 2.39. The van der Waals surface area contributed by atoms with Crippen molar-refractivity contribution in [1.82, 2.24) is 10.2 Å². The van der Waals surface area contributed by atoms with Gasteiger partial charge in [0.1, 0.15) is 0 Å². The van der Waals surface area contributed by atoms with Crippen molar-refractivity contribution in [3.8, 4) is 0 Å². The molecule has 0 bridgehead atoms. The van der Waals surface area contributed by atoms with E-state index in [0.29, 0.717) is 0 Å². The Morgan fingerprint density at radius 3 is 2.76 bits per heavy atom. The molecular weight excluding hydrogens is 210 g/mol. The fourth-order valence-corrected chi connectivity index (χ4v) is 2.21. The van der Waals surface area contributed by atoms with E-state index in [9.17, 15) is 0 Å². The standard InChI is InChI=1S/C14H19N3/c1-11(2)13(10-15)14-9-12(5-6-16-14)17-7-3-4-8-17/h5-6,9-10,15-16H,1,3-4,7-8H2,2H3/b14-13+,15-10?. The van der Waals surface area contributed by atoms with Crippen LogP contribution < -0.4 is 5.32 Å². The lowest BCUT2D eigenvalue weighted by Crippen LogP contribution is -2.22. The first-order valence-corrected chi connectivity index (χ1v) is 6.02. The van der Waals surface area contributed by atoms with Crippen molar-refractivity contribution in [3.63, 3.8) is 0 Å². The predicted molar refractivity (Wildman–Crippen MR) is 71.8 cm³/mol. The molecule has 3 nitrogen and oxygen atoms in total. The summed E-state index contributed by atoms with van der Waals surface area (Å²) in [6, 6.07) is 0. The molecule has 3 heteroatoms. The maximum absolute atomic E-state index is 7.45. The SMILES string of the molecule is C=C(C)/C(C=N)=C1\C=C(N2CCCC2)C=CN1. The van der Waals surface area contributed by atoms with Crippen LogP contribution in [0.2, 0.25) is 0 Å². The normalized spacial score (nSPS) is 21.9. The molecule has 17 heavy (non-hydrogen) atoms. The lowest BCUT2D eigenvalue weighted by molar-refractivity contribution is 0.438. The zero-order valence-electron chi connectivity index (χ0n) is 10.3. The van der Waals surface area contributed by atoms with E-state index in [1.807, 2.05) is 13.1 Å². The zero-order chi connectivity index (χ0) is 12.3. The summed E-state index contributed by atoms with van der Waals surface area (Å²) in [5.41, 5.74) is 3.98. The molecule has 0 amide bonds. The minimum atomic E-state index is 0.867. The summed E-state index contributed by atoms with van der Waals surface area (Å²) < 4.78 is 0. The van der Waals surface area contributed by atoms with E-state index in [1.165, 1.54) is 24.8 Å². The first kappa shape index (κ1) is 11.7. The highest BCUT2D eigenvalue weighted by Gasteiger charge is 2.15. The fourth-order valence-electron chi connectivity index (χ4n) is 2.21. The topological polar surface area (TPSA) is 39.1 Å². The third-order valence-electron chi connectivity index (χ3n) is 3.15. The van der Waals surface area contributed by atoms with Crippen LogP contribution in [0.4, 0.5) is 0 Å². The van der Waals surface area contributed by atoms with Crippen molar-refractivity contribution in [1.29, 1.82) is 5.41 Å². The molecule has 0 aromatic rings. The summed E-state index contributed by atoms with van der Waals surface area (Å²) in [7, 11) is 0. The molecule has 2 N–H and O–H groups in total. The maximum atomic E-state index is 7.45. The van der Waals surface area contributed by atoms with Gasteiger partial charge in [0.2, 0.25) is 0 Å². The third-order valence-corrected chi connectivity index (χ3v) is 3.15. The van der Waals surface area contributed by atoms with Crippen LogP contribution in [0.15, 0.2) is 47.5 Å². The van der Waals surface area contributed by atoms with Crippen LogP contribution in [0.1, 0.15) is 19.8 Å². The monoisotopic (exact) mass is 229 g/mol. The van der Waals surface area contributed by atoms with Crippen LogP contribution in [-0.2, 0) is 0 Å². The molecule has 1 saturated heterocycles. The zero-order valence-corrected chi connectivity index (χ0v) is 10.3. The summed E-state index contributed by atoms with van der Waals surface area (Å²) in [5.74, 6) is 0. The van der Waals surface area contributed by atoms with Gasteiger partial charge in [0.05, 0.1) is 0 Å². The van der Waals surface area contributed by atoms with Crippen molar-refractivity contribution in [2.45, 2.75) is 19.8 Å². The smallest absolute Gasteiger partial charge is 0.0491 e. The van der Waals surface area contributed by atoms with Gasteiger partial charge in [-0.15, -0.1) is 0 Å². The number of nitrogens with zero attached hydrogens (tertiary/aromatic N) is 1. The second-order valence-electron chi connectivity index (χ2n) is 4.49. The largest absolute Gasteiger partial charge is 0.371 e. The van der Waals surface area contributed by atoms with Gasteiger partial charge in [-0.25, -0.2) is 0 Å². The number of rotatable bonds is 3. The van der Waals surface area contributed by atoms with E-state index in [2.05, 4.69) is 28.9 Å². The summed E-state index contributed by atoms with van der Waals surface area (Å²) in [6.07, 6.45) is 10.1. The predicted octanol–water partition coefficient (Wildman–Crippen LogP) is 2.56. The van der Waals surface area contributed by atoms with Crippen molar-refractivity contribution in [2.24, 2.45) is 0 Å². The molecule has 0 aliphatic carbocycles. The molecule has 2 rings (SSSR count). The number of dihydropyridines is 1. The van der Waals surface area contributed by atoms with Crippen molar-refractivity contribution >= 4 is 6.21 Å². The Bertz CT molecular complexity index is 421. The minimum absolute atomic E-state index is 0.867. The van der Waals surface area contributed by atoms with Gasteiger partial charge in [-0.3, -0.25) is 0 Å². The Kier molecular flexibility index (Phi) is 3.47. The highest BCUT2D eigenvalue weighted by molar-refractivity contribution is 5.83. The van der Waals surface area contributed by atoms with Gasteiger partial charge in [-0.1, -0.05) is 6.58 Å². The second-order valence-corrected chi connectivity index (χ2v) is 4.49. The van der Waals surface area contributed by atoms with E-state index in [0.717, 1.165) is 29.9 Å². The van der Waals surface area contributed by atoms with Gasteiger partial charge in [-0.2, -0.15) is 0 Å². The molecule has 0 saturated carbocycles. The molecule has 0 aromatic heterocycles. The van der Waals surface area contributed by atoms with Crippen LogP contribution in [0.3, 0.4) is 0 Å². The number of nitrogens with one attached hydrogen (secondary N) is 2. The Labute approximate surface area is 103 Å².